The minimum atomic E-state index is -0.449. The highest BCUT2D eigenvalue weighted by atomic mass is 16.5. The summed E-state index contributed by atoms with van der Waals surface area (Å²) in [5.74, 6) is 1.36. The first-order valence-corrected chi connectivity index (χ1v) is 9.77. The van der Waals surface area contributed by atoms with Crippen LogP contribution >= 0.6 is 0 Å². The Labute approximate surface area is 153 Å². The molecule has 25 heavy (non-hydrogen) atoms. The molecule has 0 unspecified atom stereocenters. The van der Waals surface area contributed by atoms with E-state index in [0.717, 1.165) is 38.5 Å². The zero-order valence-corrected chi connectivity index (χ0v) is 16.4. The van der Waals surface area contributed by atoms with Gasteiger partial charge in [0.2, 0.25) is 5.54 Å². The lowest BCUT2D eigenvalue weighted by atomic mass is 9.56. The average molecular weight is 341 g/mol. The normalized spacial score (nSPS) is 44.4. The SMILES string of the molecule is [C-]#[N+]C(C)(C)[C@@H]1CC[C@](C)([C@H]2CC[C@](C)([N+]#[C-])[C@H]3CCC(C)=C[C@H]23)O1. The van der Waals surface area contributed by atoms with Crippen molar-refractivity contribution in [2.45, 2.75) is 95.9 Å². The summed E-state index contributed by atoms with van der Waals surface area (Å²) < 4.78 is 6.61. The Kier molecular flexibility index (Phi) is 4.53. The molecule has 0 bridgehead atoms. The summed E-state index contributed by atoms with van der Waals surface area (Å²) in [5.41, 5.74) is 0.644. The Morgan fingerprint density at radius 2 is 1.84 bits per heavy atom. The fourth-order valence-corrected chi connectivity index (χ4v) is 5.61. The molecule has 0 aromatic heterocycles. The van der Waals surface area contributed by atoms with E-state index in [4.69, 9.17) is 17.9 Å². The van der Waals surface area contributed by atoms with Gasteiger partial charge in [-0.1, -0.05) is 11.6 Å². The molecule has 1 heterocycles. The van der Waals surface area contributed by atoms with Crippen molar-refractivity contribution in [1.82, 2.24) is 0 Å². The van der Waals surface area contributed by atoms with Gasteiger partial charge in [0.1, 0.15) is 6.10 Å². The monoisotopic (exact) mass is 340 g/mol. The lowest BCUT2D eigenvalue weighted by Gasteiger charge is -2.49. The molecular formula is C22H32N2O. The molecule has 6 atom stereocenters. The van der Waals surface area contributed by atoms with Crippen LogP contribution in [0.4, 0.5) is 0 Å². The van der Waals surface area contributed by atoms with Gasteiger partial charge in [-0.15, -0.1) is 0 Å². The molecule has 2 fully saturated rings. The molecule has 3 heteroatoms. The summed E-state index contributed by atoms with van der Waals surface area (Å²) in [7, 11) is 0. The number of hydrogen-bond acceptors (Lipinski definition) is 1. The highest BCUT2D eigenvalue weighted by Crippen LogP contribution is 2.55. The number of ether oxygens (including phenoxy) is 1. The van der Waals surface area contributed by atoms with Gasteiger partial charge in [-0.2, -0.15) is 0 Å². The Morgan fingerprint density at radius 1 is 1.12 bits per heavy atom. The molecule has 0 spiro atoms. The number of hydrogen-bond donors (Lipinski definition) is 0. The van der Waals surface area contributed by atoms with E-state index in [1.165, 1.54) is 5.57 Å². The molecule has 1 saturated heterocycles. The minimum Gasteiger partial charge on any atom is -0.363 e. The van der Waals surface area contributed by atoms with Crippen molar-refractivity contribution < 1.29 is 4.74 Å². The maximum Gasteiger partial charge on any atom is 0.252 e. The lowest BCUT2D eigenvalue weighted by Crippen LogP contribution is -2.52. The minimum absolute atomic E-state index is 0.0243. The summed E-state index contributed by atoms with van der Waals surface area (Å²) in [5, 5.41) is 0. The number of rotatable bonds is 2. The zero-order chi connectivity index (χ0) is 18.5. The van der Waals surface area contributed by atoms with Gasteiger partial charge in [-0.3, -0.25) is 0 Å². The van der Waals surface area contributed by atoms with E-state index in [1.807, 2.05) is 13.8 Å². The van der Waals surface area contributed by atoms with Gasteiger partial charge in [0, 0.05) is 33.1 Å². The molecule has 3 aliphatic rings. The number of nitrogens with zero attached hydrogens (tertiary/aromatic N) is 2. The van der Waals surface area contributed by atoms with Crippen molar-refractivity contribution >= 4 is 0 Å². The maximum absolute atomic E-state index is 7.77. The second-order valence-corrected chi connectivity index (χ2v) is 9.57. The number of allylic oxidation sites excluding steroid dienone is 2. The van der Waals surface area contributed by atoms with Crippen LogP contribution in [0.5, 0.6) is 0 Å². The molecular weight excluding hydrogens is 308 g/mol. The third-order valence-corrected chi connectivity index (χ3v) is 7.45. The first kappa shape index (κ1) is 18.5. The first-order chi connectivity index (χ1) is 11.6. The van der Waals surface area contributed by atoms with E-state index < -0.39 is 5.54 Å². The van der Waals surface area contributed by atoms with Crippen LogP contribution < -0.4 is 0 Å². The highest BCUT2D eigenvalue weighted by molar-refractivity contribution is 5.20. The topological polar surface area (TPSA) is 18.0 Å². The Bertz CT molecular complexity index is 652. The molecule has 0 aromatic carbocycles. The van der Waals surface area contributed by atoms with Crippen LogP contribution in [0.25, 0.3) is 9.69 Å². The van der Waals surface area contributed by atoms with E-state index in [1.54, 1.807) is 0 Å². The Balaban J connectivity index is 1.89. The van der Waals surface area contributed by atoms with Crippen LogP contribution in [0.15, 0.2) is 11.6 Å². The van der Waals surface area contributed by atoms with Crippen molar-refractivity contribution in [1.29, 1.82) is 0 Å². The van der Waals surface area contributed by atoms with E-state index in [-0.39, 0.29) is 17.2 Å². The van der Waals surface area contributed by atoms with Crippen LogP contribution in [-0.4, -0.2) is 22.8 Å². The maximum atomic E-state index is 7.77. The van der Waals surface area contributed by atoms with Gasteiger partial charge in [-0.05, 0) is 57.8 Å². The van der Waals surface area contributed by atoms with Crippen molar-refractivity contribution in [2.24, 2.45) is 17.8 Å². The van der Waals surface area contributed by atoms with E-state index in [2.05, 4.69) is 36.5 Å². The molecule has 0 amide bonds. The van der Waals surface area contributed by atoms with Gasteiger partial charge in [0.05, 0.1) is 5.60 Å². The first-order valence-electron chi connectivity index (χ1n) is 9.77. The fraction of sp³-hybridized carbons (Fsp3) is 0.818. The number of fused-ring (bicyclic) bond motifs is 1. The largest absolute Gasteiger partial charge is 0.363 e. The van der Waals surface area contributed by atoms with E-state index in [0.29, 0.717) is 17.8 Å². The molecule has 0 radical (unpaired) electrons. The van der Waals surface area contributed by atoms with Crippen LogP contribution in [0.2, 0.25) is 0 Å². The fourth-order valence-electron chi connectivity index (χ4n) is 5.61. The molecule has 136 valence electrons. The Hall–Kier alpha value is -1.32. The smallest absolute Gasteiger partial charge is 0.252 e. The van der Waals surface area contributed by atoms with Gasteiger partial charge < -0.3 is 14.4 Å². The zero-order valence-electron chi connectivity index (χ0n) is 16.4. The van der Waals surface area contributed by atoms with Crippen LogP contribution in [0.3, 0.4) is 0 Å². The van der Waals surface area contributed by atoms with E-state index in [9.17, 15) is 0 Å². The summed E-state index contributed by atoms with van der Waals surface area (Å²) in [6.07, 6.45) is 8.80. The molecule has 1 aliphatic heterocycles. The summed E-state index contributed by atoms with van der Waals surface area (Å²) in [6.45, 7) is 25.9. The van der Waals surface area contributed by atoms with Gasteiger partial charge in [-0.25, -0.2) is 13.1 Å². The second-order valence-electron chi connectivity index (χ2n) is 9.57. The van der Waals surface area contributed by atoms with Crippen molar-refractivity contribution in [3.63, 3.8) is 0 Å². The molecule has 1 saturated carbocycles. The third kappa shape index (κ3) is 3.02. The predicted octanol–water partition coefficient (Wildman–Crippen LogP) is 5.68. The standard InChI is InChI=1S/C22H32N2O/c1-15-8-9-17-16(14-15)18(10-12-21(17,4)24-7)22(5)13-11-19(25-22)20(2,3)23-6/h14,16-19H,8-13H2,1-5H3/t16-,17-,18-,19-,21-,22+/m0/s1. The molecule has 2 aliphatic carbocycles. The van der Waals surface area contributed by atoms with Gasteiger partial charge >= 0.3 is 0 Å². The predicted molar refractivity (Wildman–Crippen MR) is 101 cm³/mol. The third-order valence-electron chi connectivity index (χ3n) is 7.45. The van der Waals surface area contributed by atoms with Crippen molar-refractivity contribution in [3.05, 3.63) is 34.5 Å². The second kappa shape index (κ2) is 6.14. The van der Waals surface area contributed by atoms with Gasteiger partial charge in [0.15, 0.2) is 0 Å². The van der Waals surface area contributed by atoms with E-state index >= 15 is 0 Å². The van der Waals surface area contributed by atoms with Crippen LogP contribution in [0.1, 0.15) is 73.1 Å². The summed E-state index contributed by atoms with van der Waals surface area (Å²) in [4.78, 5) is 7.90. The molecule has 0 aromatic rings. The van der Waals surface area contributed by atoms with Crippen molar-refractivity contribution in [2.75, 3.05) is 0 Å². The Morgan fingerprint density at radius 3 is 2.48 bits per heavy atom. The lowest BCUT2D eigenvalue weighted by molar-refractivity contribution is -0.112. The molecule has 3 rings (SSSR count). The molecule has 0 N–H and O–H groups in total. The highest BCUT2D eigenvalue weighted by Gasteiger charge is 2.58. The summed E-state index contributed by atoms with van der Waals surface area (Å²) >= 11 is 0. The summed E-state index contributed by atoms with van der Waals surface area (Å²) in [6, 6.07) is 0. The quantitative estimate of drug-likeness (QED) is 0.467. The molecule has 3 nitrogen and oxygen atoms in total. The van der Waals surface area contributed by atoms with Crippen molar-refractivity contribution in [3.8, 4) is 0 Å². The average Bonchev–Trinajstić information content (AvgIpc) is 2.99. The van der Waals surface area contributed by atoms with Gasteiger partial charge in [0.25, 0.3) is 5.54 Å². The van der Waals surface area contributed by atoms with Crippen LogP contribution in [0, 0.1) is 30.9 Å². The van der Waals surface area contributed by atoms with Crippen LogP contribution in [-0.2, 0) is 4.74 Å².